The topological polar surface area (TPSA) is 64.6 Å². The maximum Gasteiger partial charge on any atom is 0.411 e. The highest BCUT2D eigenvalue weighted by molar-refractivity contribution is 5.86. The Kier molecular flexibility index (Phi) is 7.17. The van der Waals surface area contributed by atoms with Gasteiger partial charge in [-0.15, -0.1) is 0 Å². The number of carbonyl (C=O) groups excluding carboxylic acids is 2. The predicted octanol–water partition coefficient (Wildman–Crippen LogP) is 3.18. The molecule has 0 fully saturated rings. The van der Waals surface area contributed by atoms with Gasteiger partial charge in [0.1, 0.15) is 12.0 Å². The lowest BCUT2D eigenvalue weighted by molar-refractivity contribution is -0.107. The standard InChI is InChI=1S/C15H21NO4/c1-3-4-10-20-15(18)16-13-8-7-12(6-5-9-17)11-14(13)19-2/h7-9,11H,3-6,10H2,1-2H3,(H,16,18). The number of aryl methyl sites for hydroxylation is 1. The lowest BCUT2D eigenvalue weighted by Gasteiger charge is -2.12. The molecule has 0 aliphatic carbocycles. The third-order valence-electron chi connectivity index (χ3n) is 2.78. The summed E-state index contributed by atoms with van der Waals surface area (Å²) in [4.78, 5) is 21.9. The fourth-order valence-electron chi connectivity index (χ4n) is 1.68. The van der Waals surface area contributed by atoms with E-state index in [0.717, 1.165) is 24.7 Å². The zero-order valence-corrected chi connectivity index (χ0v) is 12.0. The molecule has 20 heavy (non-hydrogen) atoms. The van der Waals surface area contributed by atoms with E-state index in [1.165, 1.54) is 7.11 Å². The van der Waals surface area contributed by atoms with Crippen molar-refractivity contribution in [3.63, 3.8) is 0 Å². The molecule has 1 amide bonds. The molecular weight excluding hydrogens is 258 g/mol. The summed E-state index contributed by atoms with van der Waals surface area (Å²) >= 11 is 0. The molecule has 0 aliphatic heterocycles. The van der Waals surface area contributed by atoms with Crippen LogP contribution >= 0.6 is 0 Å². The molecular formula is C15H21NO4. The van der Waals surface area contributed by atoms with Gasteiger partial charge in [-0.25, -0.2) is 4.79 Å². The molecule has 0 aromatic heterocycles. The molecule has 0 radical (unpaired) electrons. The first-order chi connectivity index (χ1) is 9.71. The number of aldehydes is 1. The summed E-state index contributed by atoms with van der Waals surface area (Å²) in [5.41, 5.74) is 1.54. The summed E-state index contributed by atoms with van der Waals surface area (Å²) in [6.07, 6.45) is 3.33. The Hall–Kier alpha value is -2.04. The zero-order chi connectivity index (χ0) is 14.8. The molecule has 0 saturated heterocycles. The van der Waals surface area contributed by atoms with Crippen molar-refractivity contribution in [2.45, 2.75) is 32.6 Å². The number of benzene rings is 1. The van der Waals surface area contributed by atoms with Crippen molar-refractivity contribution in [1.29, 1.82) is 0 Å². The average Bonchev–Trinajstić information content (AvgIpc) is 2.46. The van der Waals surface area contributed by atoms with Gasteiger partial charge in [-0.3, -0.25) is 5.32 Å². The second-order valence-electron chi connectivity index (χ2n) is 4.35. The quantitative estimate of drug-likeness (QED) is 0.586. The molecule has 1 aromatic carbocycles. The highest BCUT2D eigenvalue weighted by atomic mass is 16.5. The van der Waals surface area contributed by atoms with Crippen molar-refractivity contribution in [1.82, 2.24) is 0 Å². The lowest BCUT2D eigenvalue weighted by atomic mass is 10.1. The number of anilines is 1. The first kappa shape index (κ1) is 16.0. The molecule has 0 bridgehead atoms. The second-order valence-corrected chi connectivity index (χ2v) is 4.35. The van der Waals surface area contributed by atoms with Crippen molar-refractivity contribution in [3.8, 4) is 5.75 Å². The van der Waals surface area contributed by atoms with Crippen molar-refractivity contribution in [3.05, 3.63) is 23.8 Å². The van der Waals surface area contributed by atoms with E-state index in [2.05, 4.69) is 5.32 Å². The molecule has 0 aliphatic rings. The van der Waals surface area contributed by atoms with Crippen molar-refractivity contribution >= 4 is 18.1 Å². The molecule has 1 N–H and O–H groups in total. The summed E-state index contributed by atoms with van der Waals surface area (Å²) in [7, 11) is 1.53. The van der Waals surface area contributed by atoms with Crippen molar-refractivity contribution in [2.75, 3.05) is 19.0 Å². The van der Waals surface area contributed by atoms with Crippen LogP contribution in [0.4, 0.5) is 10.5 Å². The van der Waals surface area contributed by atoms with E-state index in [0.29, 0.717) is 30.9 Å². The van der Waals surface area contributed by atoms with E-state index in [1.807, 2.05) is 19.1 Å². The fourth-order valence-corrected chi connectivity index (χ4v) is 1.68. The second kappa shape index (κ2) is 8.96. The molecule has 110 valence electrons. The van der Waals surface area contributed by atoms with Crippen LogP contribution in [0, 0.1) is 0 Å². The van der Waals surface area contributed by atoms with E-state index >= 15 is 0 Å². The summed E-state index contributed by atoms with van der Waals surface area (Å²) < 4.78 is 10.3. The Labute approximate surface area is 119 Å². The van der Waals surface area contributed by atoms with Crippen LogP contribution in [-0.4, -0.2) is 26.1 Å². The van der Waals surface area contributed by atoms with Gasteiger partial charge in [-0.2, -0.15) is 0 Å². The Morgan fingerprint density at radius 1 is 1.40 bits per heavy atom. The Morgan fingerprint density at radius 3 is 2.85 bits per heavy atom. The van der Waals surface area contributed by atoms with Gasteiger partial charge in [0.05, 0.1) is 19.4 Å². The maximum atomic E-state index is 11.6. The largest absolute Gasteiger partial charge is 0.495 e. The van der Waals surface area contributed by atoms with Gasteiger partial charge in [0, 0.05) is 6.42 Å². The van der Waals surface area contributed by atoms with Crippen molar-refractivity contribution in [2.24, 2.45) is 0 Å². The van der Waals surface area contributed by atoms with Gasteiger partial charge in [-0.05, 0) is 30.5 Å². The number of rotatable bonds is 8. The van der Waals surface area contributed by atoms with Crippen LogP contribution in [0.2, 0.25) is 0 Å². The molecule has 0 spiro atoms. The fraction of sp³-hybridized carbons (Fsp3) is 0.467. The number of carbonyl (C=O) groups is 2. The molecule has 0 heterocycles. The molecule has 5 heteroatoms. The van der Waals surface area contributed by atoms with Crippen LogP contribution in [-0.2, 0) is 16.0 Å². The highest BCUT2D eigenvalue weighted by Crippen LogP contribution is 2.26. The Balaban J connectivity index is 2.64. The van der Waals surface area contributed by atoms with E-state index < -0.39 is 6.09 Å². The first-order valence-corrected chi connectivity index (χ1v) is 6.75. The number of ether oxygens (including phenoxy) is 2. The van der Waals surface area contributed by atoms with Crippen LogP contribution in [0.15, 0.2) is 18.2 Å². The molecule has 1 rings (SSSR count). The molecule has 0 saturated carbocycles. The normalized spacial score (nSPS) is 9.90. The minimum atomic E-state index is -0.489. The average molecular weight is 279 g/mol. The summed E-state index contributed by atoms with van der Waals surface area (Å²) in [5.74, 6) is 0.556. The number of nitrogens with one attached hydrogen (secondary N) is 1. The van der Waals surface area contributed by atoms with E-state index in [4.69, 9.17) is 9.47 Å². The highest BCUT2D eigenvalue weighted by Gasteiger charge is 2.09. The SMILES string of the molecule is CCCCOC(=O)Nc1ccc(CCC=O)cc1OC. The third kappa shape index (κ3) is 5.30. The van der Waals surface area contributed by atoms with Crippen LogP contribution in [0.3, 0.4) is 0 Å². The maximum absolute atomic E-state index is 11.6. The van der Waals surface area contributed by atoms with Gasteiger partial charge in [-0.1, -0.05) is 19.4 Å². The van der Waals surface area contributed by atoms with Gasteiger partial charge >= 0.3 is 6.09 Å². The summed E-state index contributed by atoms with van der Waals surface area (Å²) in [5, 5.41) is 2.65. The lowest BCUT2D eigenvalue weighted by Crippen LogP contribution is -2.15. The van der Waals surface area contributed by atoms with Gasteiger partial charge < -0.3 is 14.3 Å². The van der Waals surface area contributed by atoms with Crippen molar-refractivity contribution < 1.29 is 19.1 Å². The smallest absolute Gasteiger partial charge is 0.411 e. The van der Waals surface area contributed by atoms with Crippen LogP contribution < -0.4 is 10.1 Å². The minimum absolute atomic E-state index is 0.405. The number of unbranched alkanes of at least 4 members (excludes halogenated alkanes) is 1. The Bertz CT molecular complexity index is 445. The number of hydrogen-bond donors (Lipinski definition) is 1. The minimum Gasteiger partial charge on any atom is -0.495 e. The first-order valence-electron chi connectivity index (χ1n) is 6.75. The van der Waals surface area contributed by atoms with Gasteiger partial charge in [0.25, 0.3) is 0 Å². The van der Waals surface area contributed by atoms with Gasteiger partial charge in [0.2, 0.25) is 0 Å². The van der Waals surface area contributed by atoms with E-state index in [1.54, 1.807) is 6.07 Å². The van der Waals surface area contributed by atoms with E-state index in [9.17, 15) is 9.59 Å². The van der Waals surface area contributed by atoms with Crippen LogP contribution in [0.1, 0.15) is 31.7 Å². The monoisotopic (exact) mass is 279 g/mol. The Morgan fingerprint density at radius 2 is 2.20 bits per heavy atom. The number of amides is 1. The summed E-state index contributed by atoms with van der Waals surface area (Å²) in [6.45, 7) is 2.43. The molecule has 5 nitrogen and oxygen atoms in total. The molecule has 1 aromatic rings. The van der Waals surface area contributed by atoms with Crippen LogP contribution in [0.5, 0.6) is 5.75 Å². The molecule has 0 atom stereocenters. The summed E-state index contributed by atoms with van der Waals surface area (Å²) in [6, 6.07) is 5.42. The third-order valence-corrected chi connectivity index (χ3v) is 2.78. The molecule has 0 unspecified atom stereocenters. The number of hydrogen-bond acceptors (Lipinski definition) is 4. The van der Waals surface area contributed by atoms with Crippen LogP contribution in [0.25, 0.3) is 0 Å². The van der Waals surface area contributed by atoms with E-state index in [-0.39, 0.29) is 0 Å². The van der Waals surface area contributed by atoms with Gasteiger partial charge in [0.15, 0.2) is 0 Å². The zero-order valence-electron chi connectivity index (χ0n) is 12.0. The predicted molar refractivity (Wildman–Crippen MR) is 77.3 cm³/mol. The number of methoxy groups -OCH3 is 1.